The molecule has 4 rings (SSSR count). The molecule has 4 aromatic rings. The fourth-order valence-electron chi connectivity index (χ4n) is 3.86. The molecular weight excluding hydrogens is 457 g/mol. The molecule has 2 aromatic carbocycles. The number of hydrogen-bond donors (Lipinski definition) is 0. The fourth-order valence-corrected chi connectivity index (χ4v) is 4.78. The number of fused-ring (bicyclic) bond motifs is 1. The molecule has 7 nitrogen and oxygen atoms in total. The minimum atomic E-state index is -0.317. The zero-order chi connectivity index (χ0) is 24.2. The summed E-state index contributed by atoms with van der Waals surface area (Å²) in [5.41, 5.74) is 2.98. The predicted molar refractivity (Wildman–Crippen MR) is 131 cm³/mol. The molecule has 0 amide bonds. The van der Waals surface area contributed by atoms with E-state index in [1.54, 1.807) is 43.9 Å². The van der Waals surface area contributed by atoms with Crippen molar-refractivity contribution in [1.82, 2.24) is 14.3 Å². The van der Waals surface area contributed by atoms with Crippen molar-refractivity contribution >= 4 is 16.3 Å². The third-order valence-corrected chi connectivity index (χ3v) is 6.39. The summed E-state index contributed by atoms with van der Waals surface area (Å²) < 4.78 is 31.2. The van der Waals surface area contributed by atoms with E-state index in [0.717, 1.165) is 17.7 Å². The highest BCUT2D eigenvalue weighted by Gasteiger charge is 2.16. The second-order valence-electron chi connectivity index (χ2n) is 7.67. The van der Waals surface area contributed by atoms with E-state index in [-0.39, 0.29) is 11.4 Å². The Labute approximate surface area is 201 Å². The first-order valence-corrected chi connectivity index (χ1v) is 11.6. The minimum absolute atomic E-state index is 0.163. The van der Waals surface area contributed by atoms with Gasteiger partial charge in [-0.15, -0.1) is 11.3 Å². The van der Waals surface area contributed by atoms with Crippen molar-refractivity contribution in [3.05, 3.63) is 75.3 Å². The Kier molecular flexibility index (Phi) is 7.14. The van der Waals surface area contributed by atoms with Crippen LogP contribution in [0.2, 0.25) is 0 Å². The van der Waals surface area contributed by atoms with Gasteiger partial charge in [0.2, 0.25) is 5.75 Å². The molecule has 0 spiro atoms. The van der Waals surface area contributed by atoms with Crippen molar-refractivity contribution in [2.24, 2.45) is 0 Å². The molecule has 0 saturated heterocycles. The van der Waals surface area contributed by atoms with Crippen molar-refractivity contribution in [2.75, 3.05) is 27.9 Å². The quantitative estimate of drug-likeness (QED) is 0.346. The number of methoxy groups -OCH3 is 3. The molecular formula is C25H26FN3O4S. The number of nitrogens with zero attached hydrogens (tertiary/aromatic N) is 3. The number of halogens is 1. The lowest BCUT2D eigenvalue weighted by atomic mass is 10.1. The molecule has 0 atom stereocenters. The molecule has 0 N–H and O–H groups in total. The summed E-state index contributed by atoms with van der Waals surface area (Å²) >= 11 is 1.39. The van der Waals surface area contributed by atoms with Crippen molar-refractivity contribution in [2.45, 2.75) is 20.0 Å². The zero-order valence-electron chi connectivity index (χ0n) is 19.5. The van der Waals surface area contributed by atoms with Crippen LogP contribution < -0.4 is 19.8 Å². The summed E-state index contributed by atoms with van der Waals surface area (Å²) in [6, 6.07) is 11.5. The van der Waals surface area contributed by atoms with Crippen LogP contribution in [0.4, 0.5) is 4.39 Å². The van der Waals surface area contributed by atoms with Crippen LogP contribution >= 0.6 is 11.3 Å². The van der Waals surface area contributed by atoms with Gasteiger partial charge in [0.05, 0.1) is 32.7 Å². The van der Waals surface area contributed by atoms with Gasteiger partial charge in [-0.25, -0.2) is 9.37 Å². The van der Waals surface area contributed by atoms with Gasteiger partial charge < -0.3 is 14.2 Å². The molecule has 0 fully saturated rings. The van der Waals surface area contributed by atoms with Crippen LogP contribution in [0.25, 0.3) is 16.2 Å². The first-order chi connectivity index (χ1) is 16.5. The van der Waals surface area contributed by atoms with Crippen LogP contribution in [0.3, 0.4) is 0 Å². The van der Waals surface area contributed by atoms with Crippen molar-refractivity contribution in [3.8, 4) is 28.5 Å². The Hall–Kier alpha value is -3.43. The average molecular weight is 484 g/mol. The standard InChI is InChI=1S/C25H26FN3O4S/c1-5-28(13-16-10-21(31-2)24(33-4)22(11-16)32-3)14-19-12-23(30)29-20(15-34-25(29)27-19)17-6-8-18(26)9-7-17/h6-12,15H,5,13-14H2,1-4H3. The Balaban J connectivity index is 1.60. The van der Waals surface area contributed by atoms with Crippen molar-refractivity contribution in [1.29, 1.82) is 0 Å². The molecule has 0 aliphatic rings. The number of thiazole rings is 1. The van der Waals surface area contributed by atoms with E-state index in [9.17, 15) is 9.18 Å². The van der Waals surface area contributed by atoms with Gasteiger partial charge in [0, 0.05) is 24.5 Å². The summed E-state index contributed by atoms with van der Waals surface area (Å²) in [5, 5.41) is 1.87. The highest BCUT2D eigenvalue weighted by molar-refractivity contribution is 7.15. The summed E-state index contributed by atoms with van der Waals surface area (Å²) in [5.74, 6) is 1.42. The Morgan fingerprint density at radius 1 is 1.00 bits per heavy atom. The maximum atomic E-state index is 13.3. The van der Waals surface area contributed by atoms with Gasteiger partial charge in [-0.1, -0.05) is 6.92 Å². The molecule has 0 aliphatic heterocycles. The van der Waals surface area contributed by atoms with E-state index in [2.05, 4.69) is 11.8 Å². The molecule has 2 aromatic heterocycles. The summed E-state index contributed by atoms with van der Waals surface area (Å²) in [7, 11) is 4.75. The van der Waals surface area contributed by atoms with Crippen LogP contribution in [0, 0.1) is 5.82 Å². The lowest BCUT2D eigenvalue weighted by molar-refractivity contribution is 0.266. The van der Waals surface area contributed by atoms with Gasteiger partial charge in [0.15, 0.2) is 16.5 Å². The summed E-state index contributed by atoms with van der Waals surface area (Å²) in [4.78, 5) is 20.5. The predicted octanol–water partition coefficient (Wildman–Crippen LogP) is 4.61. The largest absolute Gasteiger partial charge is 0.493 e. The minimum Gasteiger partial charge on any atom is -0.493 e. The fraction of sp³-hybridized carbons (Fsp3) is 0.280. The third-order valence-electron chi connectivity index (χ3n) is 5.56. The average Bonchev–Trinajstić information content (AvgIpc) is 3.28. The van der Waals surface area contributed by atoms with Crippen LogP contribution in [0.1, 0.15) is 18.2 Å². The van der Waals surface area contributed by atoms with E-state index in [4.69, 9.17) is 19.2 Å². The normalized spacial score (nSPS) is 11.2. The van der Waals surface area contributed by atoms with E-state index < -0.39 is 0 Å². The van der Waals surface area contributed by atoms with Crippen LogP contribution in [-0.2, 0) is 13.1 Å². The van der Waals surface area contributed by atoms with Crippen LogP contribution in [0.5, 0.6) is 17.2 Å². The maximum Gasteiger partial charge on any atom is 0.259 e. The van der Waals surface area contributed by atoms with Gasteiger partial charge in [-0.05, 0) is 54.1 Å². The van der Waals surface area contributed by atoms with E-state index in [1.165, 1.54) is 23.5 Å². The van der Waals surface area contributed by atoms with Crippen molar-refractivity contribution < 1.29 is 18.6 Å². The van der Waals surface area contributed by atoms with Gasteiger partial charge in [-0.2, -0.15) is 0 Å². The number of benzene rings is 2. The highest BCUT2D eigenvalue weighted by atomic mass is 32.1. The molecule has 0 radical (unpaired) electrons. The van der Waals surface area contributed by atoms with Gasteiger partial charge in [-0.3, -0.25) is 14.1 Å². The molecule has 0 saturated carbocycles. The van der Waals surface area contributed by atoms with Crippen LogP contribution in [-0.4, -0.2) is 42.2 Å². The molecule has 9 heteroatoms. The van der Waals surface area contributed by atoms with Gasteiger partial charge in [0.25, 0.3) is 5.56 Å². The zero-order valence-corrected chi connectivity index (χ0v) is 20.3. The van der Waals surface area contributed by atoms with E-state index in [0.29, 0.717) is 46.7 Å². The first-order valence-electron chi connectivity index (χ1n) is 10.7. The van der Waals surface area contributed by atoms with Gasteiger partial charge in [0.1, 0.15) is 5.82 Å². The second kappa shape index (κ2) is 10.2. The molecule has 34 heavy (non-hydrogen) atoms. The molecule has 2 heterocycles. The van der Waals surface area contributed by atoms with E-state index >= 15 is 0 Å². The SMILES string of the molecule is CCN(Cc1cc(OC)c(OC)c(OC)c1)Cc1cc(=O)n2c(-c3ccc(F)cc3)csc2n1. The highest BCUT2D eigenvalue weighted by Crippen LogP contribution is 2.38. The molecule has 178 valence electrons. The Morgan fingerprint density at radius 2 is 1.68 bits per heavy atom. The third kappa shape index (κ3) is 4.76. The van der Waals surface area contributed by atoms with Crippen molar-refractivity contribution in [3.63, 3.8) is 0 Å². The van der Waals surface area contributed by atoms with Crippen LogP contribution in [0.15, 0.2) is 52.6 Å². The number of aromatic nitrogens is 2. The molecule has 0 unspecified atom stereocenters. The number of ether oxygens (including phenoxy) is 3. The Morgan fingerprint density at radius 3 is 2.26 bits per heavy atom. The first kappa shape index (κ1) is 23.7. The molecule has 0 aliphatic carbocycles. The van der Waals surface area contributed by atoms with E-state index in [1.807, 2.05) is 17.5 Å². The maximum absolute atomic E-state index is 13.3. The summed E-state index contributed by atoms with van der Waals surface area (Å²) in [6.45, 7) is 3.92. The second-order valence-corrected chi connectivity index (χ2v) is 8.50. The van der Waals surface area contributed by atoms with Gasteiger partial charge >= 0.3 is 0 Å². The lowest BCUT2D eigenvalue weighted by Gasteiger charge is -2.21. The lowest BCUT2D eigenvalue weighted by Crippen LogP contribution is -2.25. The topological polar surface area (TPSA) is 65.3 Å². The number of hydrogen-bond acceptors (Lipinski definition) is 7. The molecule has 0 bridgehead atoms. The monoisotopic (exact) mass is 483 g/mol. The smallest absolute Gasteiger partial charge is 0.259 e. The summed E-state index contributed by atoms with van der Waals surface area (Å²) in [6.07, 6.45) is 0. The Bertz CT molecular complexity index is 1330. The number of rotatable bonds is 9.